The number of amides is 1. The van der Waals surface area contributed by atoms with Crippen LogP contribution in [-0.4, -0.2) is 10.9 Å². The zero-order valence-electron chi connectivity index (χ0n) is 7.61. The fourth-order valence-corrected chi connectivity index (χ4v) is 1.05. The van der Waals surface area contributed by atoms with Crippen LogP contribution >= 0.6 is 0 Å². The molecule has 2 rings (SSSR count). The summed E-state index contributed by atoms with van der Waals surface area (Å²) in [5.41, 5.74) is 0.498. The van der Waals surface area contributed by atoms with Gasteiger partial charge in [-0.3, -0.25) is 4.79 Å². The molecule has 15 heavy (non-hydrogen) atoms. The van der Waals surface area contributed by atoms with E-state index in [-0.39, 0.29) is 11.6 Å². The van der Waals surface area contributed by atoms with E-state index in [4.69, 9.17) is 4.42 Å². The van der Waals surface area contributed by atoms with Crippen molar-refractivity contribution < 1.29 is 13.6 Å². The lowest BCUT2D eigenvalue weighted by Crippen LogP contribution is -2.10. The van der Waals surface area contributed by atoms with Crippen molar-refractivity contribution in [2.45, 2.75) is 0 Å². The normalized spacial score (nSPS) is 9.93. The molecule has 76 valence electrons. The Morgan fingerprint density at radius 3 is 2.67 bits per heavy atom. The second-order valence-corrected chi connectivity index (χ2v) is 2.83. The summed E-state index contributed by atoms with van der Waals surface area (Å²) in [6.45, 7) is 0. The maximum Gasteiger partial charge on any atom is 0.293 e. The van der Waals surface area contributed by atoms with Crippen molar-refractivity contribution in [2.24, 2.45) is 0 Å². The third-order valence-electron chi connectivity index (χ3n) is 1.76. The van der Waals surface area contributed by atoms with Gasteiger partial charge < -0.3 is 9.73 Å². The van der Waals surface area contributed by atoms with Crippen molar-refractivity contribution in [1.82, 2.24) is 4.98 Å². The Morgan fingerprint density at radius 1 is 1.33 bits per heavy atom. The van der Waals surface area contributed by atoms with E-state index < -0.39 is 5.91 Å². The third-order valence-corrected chi connectivity index (χ3v) is 1.76. The van der Waals surface area contributed by atoms with Gasteiger partial charge in [-0.2, -0.15) is 0 Å². The van der Waals surface area contributed by atoms with Crippen LogP contribution in [0.4, 0.5) is 10.1 Å². The quantitative estimate of drug-likeness (QED) is 0.818. The first-order valence-corrected chi connectivity index (χ1v) is 4.21. The Hall–Kier alpha value is -2.17. The first-order chi connectivity index (χ1) is 7.25. The number of carbonyl (C=O) groups excluding carboxylic acids is 1. The largest absolute Gasteiger partial charge is 0.438 e. The van der Waals surface area contributed by atoms with Crippen molar-refractivity contribution >= 4 is 11.6 Å². The van der Waals surface area contributed by atoms with Gasteiger partial charge in [-0.05, 0) is 24.3 Å². The number of rotatable bonds is 2. The molecule has 2 aromatic rings. The molecule has 1 N–H and O–H groups in total. The highest BCUT2D eigenvalue weighted by atomic mass is 19.1. The van der Waals surface area contributed by atoms with Crippen LogP contribution in [0.3, 0.4) is 0 Å². The summed E-state index contributed by atoms with van der Waals surface area (Å²) in [5.74, 6) is -0.661. The maximum atomic E-state index is 12.6. The van der Waals surface area contributed by atoms with Crippen molar-refractivity contribution in [3.63, 3.8) is 0 Å². The molecule has 0 bridgehead atoms. The number of oxazole rings is 1. The van der Waals surface area contributed by atoms with E-state index in [1.54, 1.807) is 0 Å². The number of hydrogen-bond acceptors (Lipinski definition) is 3. The zero-order chi connectivity index (χ0) is 10.7. The zero-order valence-corrected chi connectivity index (χ0v) is 7.61. The molecular weight excluding hydrogens is 199 g/mol. The van der Waals surface area contributed by atoms with E-state index >= 15 is 0 Å². The Labute approximate surface area is 84.7 Å². The number of halogens is 1. The summed E-state index contributed by atoms with van der Waals surface area (Å²) in [4.78, 5) is 15.0. The predicted molar refractivity (Wildman–Crippen MR) is 50.9 cm³/mol. The molecule has 0 spiro atoms. The minimum atomic E-state index is -0.417. The van der Waals surface area contributed by atoms with Crippen LogP contribution in [0.25, 0.3) is 0 Å². The summed E-state index contributed by atoms with van der Waals surface area (Å²) in [6.07, 6.45) is 2.47. The van der Waals surface area contributed by atoms with Crippen LogP contribution in [0.2, 0.25) is 0 Å². The van der Waals surface area contributed by atoms with Crippen molar-refractivity contribution in [3.8, 4) is 0 Å². The lowest BCUT2D eigenvalue weighted by molar-refractivity contribution is 0.0996. The van der Waals surface area contributed by atoms with Gasteiger partial charge in [0, 0.05) is 5.69 Å². The minimum Gasteiger partial charge on any atom is -0.438 e. The molecule has 0 fully saturated rings. The van der Waals surface area contributed by atoms with Crippen LogP contribution in [0.15, 0.2) is 41.3 Å². The summed E-state index contributed by atoms with van der Waals surface area (Å²) in [7, 11) is 0. The number of nitrogens with zero attached hydrogens (tertiary/aromatic N) is 1. The summed E-state index contributed by atoms with van der Waals surface area (Å²) >= 11 is 0. The number of anilines is 1. The van der Waals surface area contributed by atoms with Crippen LogP contribution in [-0.2, 0) is 0 Å². The number of aromatic nitrogens is 1. The summed E-state index contributed by atoms with van der Waals surface area (Å²) in [6, 6.07) is 5.44. The Morgan fingerprint density at radius 2 is 2.07 bits per heavy atom. The van der Waals surface area contributed by atoms with Crippen molar-refractivity contribution in [1.29, 1.82) is 0 Å². The molecule has 1 aromatic heterocycles. The van der Waals surface area contributed by atoms with Crippen LogP contribution < -0.4 is 5.32 Å². The maximum absolute atomic E-state index is 12.6. The van der Waals surface area contributed by atoms with E-state index in [9.17, 15) is 9.18 Å². The standard InChI is InChI=1S/C10H7FN2O2/c11-7-1-3-8(4-2-7)13-10(14)9-5-12-6-15-9/h1-6H,(H,13,14). The molecule has 0 aliphatic rings. The van der Waals surface area contributed by atoms with E-state index in [0.717, 1.165) is 0 Å². The third kappa shape index (κ3) is 2.19. The molecule has 0 aliphatic heterocycles. The molecule has 1 aromatic carbocycles. The molecule has 0 aliphatic carbocycles. The number of nitrogens with one attached hydrogen (secondary N) is 1. The fourth-order valence-electron chi connectivity index (χ4n) is 1.05. The fraction of sp³-hybridized carbons (Fsp3) is 0. The lowest BCUT2D eigenvalue weighted by Gasteiger charge is -2.01. The van der Waals surface area contributed by atoms with E-state index in [1.165, 1.54) is 36.9 Å². The molecule has 0 radical (unpaired) electrons. The minimum absolute atomic E-state index is 0.110. The highest BCUT2D eigenvalue weighted by Gasteiger charge is 2.08. The molecule has 0 atom stereocenters. The van der Waals surface area contributed by atoms with Gasteiger partial charge >= 0.3 is 0 Å². The SMILES string of the molecule is O=C(Nc1ccc(F)cc1)c1cnco1. The predicted octanol–water partition coefficient (Wildman–Crippen LogP) is 2.07. The first kappa shape index (κ1) is 9.39. The molecule has 0 unspecified atom stereocenters. The second-order valence-electron chi connectivity index (χ2n) is 2.83. The average Bonchev–Trinajstić information content (AvgIpc) is 2.74. The van der Waals surface area contributed by atoms with Gasteiger partial charge in [0.15, 0.2) is 6.39 Å². The van der Waals surface area contributed by atoms with Crippen molar-refractivity contribution in [3.05, 3.63) is 48.4 Å². The average molecular weight is 206 g/mol. The van der Waals surface area contributed by atoms with E-state index in [2.05, 4.69) is 10.3 Å². The van der Waals surface area contributed by atoms with Crippen molar-refractivity contribution in [2.75, 3.05) is 5.32 Å². The highest BCUT2D eigenvalue weighted by Crippen LogP contribution is 2.09. The van der Waals surface area contributed by atoms with Gasteiger partial charge in [0.05, 0.1) is 6.20 Å². The van der Waals surface area contributed by atoms with Gasteiger partial charge in [0.25, 0.3) is 5.91 Å². The Bertz CT molecular complexity index is 451. The smallest absolute Gasteiger partial charge is 0.293 e. The lowest BCUT2D eigenvalue weighted by atomic mass is 10.3. The number of hydrogen-bond donors (Lipinski definition) is 1. The van der Waals surface area contributed by atoms with Gasteiger partial charge in [0.2, 0.25) is 5.76 Å². The number of carbonyl (C=O) groups is 1. The van der Waals surface area contributed by atoms with E-state index in [0.29, 0.717) is 5.69 Å². The molecule has 0 saturated heterocycles. The molecule has 4 nitrogen and oxygen atoms in total. The Kier molecular flexibility index (Phi) is 2.45. The topological polar surface area (TPSA) is 55.1 Å². The molecular formula is C10H7FN2O2. The van der Waals surface area contributed by atoms with Crippen LogP contribution in [0.5, 0.6) is 0 Å². The van der Waals surface area contributed by atoms with E-state index in [1.807, 2.05) is 0 Å². The molecule has 0 saturated carbocycles. The van der Waals surface area contributed by atoms with Gasteiger partial charge in [0.1, 0.15) is 5.82 Å². The molecule has 5 heteroatoms. The summed E-state index contributed by atoms with van der Waals surface area (Å²) in [5, 5.41) is 2.53. The van der Waals surface area contributed by atoms with Gasteiger partial charge in [-0.25, -0.2) is 9.37 Å². The van der Waals surface area contributed by atoms with Gasteiger partial charge in [-0.15, -0.1) is 0 Å². The van der Waals surface area contributed by atoms with Crippen LogP contribution in [0, 0.1) is 5.82 Å². The Balaban J connectivity index is 2.09. The molecule has 1 heterocycles. The number of benzene rings is 1. The first-order valence-electron chi connectivity index (χ1n) is 4.21. The molecule has 1 amide bonds. The second kappa shape index (κ2) is 3.91. The monoisotopic (exact) mass is 206 g/mol. The van der Waals surface area contributed by atoms with Gasteiger partial charge in [-0.1, -0.05) is 0 Å². The van der Waals surface area contributed by atoms with Crippen LogP contribution in [0.1, 0.15) is 10.6 Å². The highest BCUT2D eigenvalue weighted by molar-refractivity contribution is 6.01. The summed E-state index contributed by atoms with van der Waals surface area (Å²) < 4.78 is 17.4.